The molecule has 0 aliphatic carbocycles. The van der Waals surface area contributed by atoms with E-state index in [4.69, 9.17) is 0 Å². The monoisotopic (exact) mass is 226 g/mol. The largest absolute Gasteiger partial charge is 0.464 e. The maximum atomic E-state index is 11.1. The zero-order valence-electron chi connectivity index (χ0n) is 8.82. The highest BCUT2D eigenvalue weighted by atomic mass is 32.1. The Morgan fingerprint density at radius 1 is 1.73 bits per heavy atom. The standard InChI is InChI=1S/C10H14N2O2S/c1-11-6-4-3-5-9-12-8(7-15-9)10(13)14-2/h3,5,7,11H,4,6H2,1-2H3. The zero-order valence-corrected chi connectivity index (χ0v) is 9.63. The number of carbonyl (C=O) groups excluding carboxylic acids is 1. The van der Waals surface area contributed by atoms with Gasteiger partial charge in [-0.3, -0.25) is 0 Å². The molecule has 0 saturated heterocycles. The van der Waals surface area contributed by atoms with Crippen molar-refractivity contribution in [3.8, 4) is 0 Å². The van der Waals surface area contributed by atoms with Gasteiger partial charge in [0, 0.05) is 5.38 Å². The number of aromatic nitrogens is 1. The Balaban J connectivity index is 2.52. The number of esters is 1. The van der Waals surface area contributed by atoms with E-state index in [1.807, 2.05) is 19.2 Å². The lowest BCUT2D eigenvalue weighted by molar-refractivity contribution is 0.0595. The molecule has 0 spiro atoms. The fourth-order valence-electron chi connectivity index (χ4n) is 0.974. The first-order chi connectivity index (χ1) is 7.27. The Morgan fingerprint density at radius 2 is 2.53 bits per heavy atom. The van der Waals surface area contributed by atoms with Gasteiger partial charge in [0.1, 0.15) is 5.01 Å². The third-order valence-corrected chi connectivity index (χ3v) is 2.55. The van der Waals surface area contributed by atoms with E-state index in [0.717, 1.165) is 18.0 Å². The van der Waals surface area contributed by atoms with Crippen molar-refractivity contribution < 1.29 is 9.53 Å². The van der Waals surface area contributed by atoms with Crippen molar-refractivity contribution in [2.45, 2.75) is 6.42 Å². The molecule has 4 nitrogen and oxygen atoms in total. The topological polar surface area (TPSA) is 51.2 Å². The van der Waals surface area contributed by atoms with Crippen molar-refractivity contribution >= 4 is 23.4 Å². The lowest BCUT2D eigenvalue weighted by Gasteiger charge is -1.91. The number of nitrogens with one attached hydrogen (secondary N) is 1. The Hall–Kier alpha value is -1.20. The Kier molecular flexibility index (Phi) is 5.00. The minimum atomic E-state index is -0.388. The van der Waals surface area contributed by atoms with E-state index >= 15 is 0 Å². The van der Waals surface area contributed by atoms with Crippen LogP contribution in [0.15, 0.2) is 11.5 Å². The van der Waals surface area contributed by atoms with Crippen LogP contribution in [0.3, 0.4) is 0 Å². The summed E-state index contributed by atoms with van der Waals surface area (Å²) in [5, 5.41) is 5.57. The Morgan fingerprint density at radius 3 is 3.20 bits per heavy atom. The van der Waals surface area contributed by atoms with Crippen molar-refractivity contribution in [2.24, 2.45) is 0 Å². The summed E-state index contributed by atoms with van der Waals surface area (Å²) in [6.45, 7) is 0.936. The molecular formula is C10H14N2O2S. The van der Waals surface area contributed by atoms with Gasteiger partial charge in [-0.25, -0.2) is 9.78 Å². The Labute approximate surface area is 93.0 Å². The van der Waals surface area contributed by atoms with E-state index in [2.05, 4.69) is 15.0 Å². The predicted octanol–water partition coefficient (Wildman–Crippen LogP) is 1.55. The third kappa shape index (κ3) is 3.81. The number of rotatable bonds is 5. The van der Waals surface area contributed by atoms with Gasteiger partial charge in [-0.1, -0.05) is 6.08 Å². The number of ether oxygens (including phenoxy) is 1. The first kappa shape index (κ1) is 11.9. The summed E-state index contributed by atoms with van der Waals surface area (Å²) in [4.78, 5) is 15.2. The average Bonchev–Trinajstić information content (AvgIpc) is 2.72. The summed E-state index contributed by atoms with van der Waals surface area (Å²) in [5.41, 5.74) is 0.371. The van der Waals surface area contributed by atoms with Gasteiger partial charge >= 0.3 is 5.97 Å². The molecule has 0 aliphatic rings. The lowest BCUT2D eigenvalue weighted by atomic mass is 10.4. The van der Waals surface area contributed by atoms with E-state index in [1.54, 1.807) is 5.38 Å². The van der Waals surface area contributed by atoms with Crippen LogP contribution in [0, 0.1) is 0 Å². The second-order valence-corrected chi connectivity index (χ2v) is 3.75. The molecule has 0 atom stereocenters. The zero-order chi connectivity index (χ0) is 11.1. The molecule has 1 heterocycles. The number of methoxy groups -OCH3 is 1. The molecule has 1 N–H and O–H groups in total. The van der Waals surface area contributed by atoms with Crippen LogP contribution in [0.2, 0.25) is 0 Å². The van der Waals surface area contributed by atoms with Gasteiger partial charge in [0.25, 0.3) is 0 Å². The van der Waals surface area contributed by atoms with Crippen LogP contribution in [0.25, 0.3) is 6.08 Å². The highest BCUT2D eigenvalue weighted by Gasteiger charge is 2.08. The number of nitrogens with zero attached hydrogens (tertiary/aromatic N) is 1. The van der Waals surface area contributed by atoms with Gasteiger partial charge in [0.15, 0.2) is 5.69 Å². The first-order valence-electron chi connectivity index (χ1n) is 4.63. The highest BCUT2D eigenvalue weighted by Crippen LogP contribution is 2.12. The molecule has 0 amide bonds. The van der Waals surface area contributed by atoms with Crippen LogP contribution in [-0.2, 0) is 4.74 Å². The number of hydrogen-bond acceptors (Lipinski definition) is 5. The second-order valence-electron chi connectivity index (χ2n) is 2.86. The number of carbonyl (C=O) groups is 1. The van der Waals surface area contributed by atoms with Crippen molar-refractivity contribution in [3.63, 3.8) is 0 Å². The predicted molar refractivity (Wildman–Crippen MR) is 61.0 cm³/mol. The summed E-state index contributed by atoms with van der Waals surface area (Å²) < 4.78 is 4.56. The van der Waals surface area contributed by atoms with Crippen LogP contribution in [0.4, 0.5) is 0 Å². The lowest BCUT2D eigenvalue weighted by Crippen LogP contribution is -2.05. The maximum Gasteiger partial charge on any atom is 0.357 e. The molecule has 1 aromatic heterocycles. The summed E-state index contributed by atoms with van der Waals surface area (Å²) in [7, 11) is 3.26. The number of thiazole rings is 1. The van der Waals surface area contributed by atoms with Gasteiger partial charge in [0.2, 0.25) is 0 Å². The molecule has 0 aromatic carbocycles. The van der Waals surface area contributed by atoms with Crippen LogP contribution in [-0.4, -0.2) is 31.7 Å². The minimum Gasteiger partial charge on any atom is -0.464 e. The molecule has 82 valence electrons. The summed E-state index contributed by atoms with van der Waals surface area (Å²) in [5.74, 6) is -0.388. The third-order valence-electron chi connectivity index (χ3n) is 1.74. The summed E-state index contributed by atoms with van der Waals surface area (Å²) in [6, 6.07) is 0. The van der Waals surface area contributed by atoms with E-state index < -0.39 is 0 Å². The van der Waals surface area contributed by atoms with E-state index in [9.17, 15) is 4.79 Å². The second kappa shape index (κ2) is 6.31. The maximum absolute atomic E-state index is 11.1. The van der Waals surface area contributed by atoms with Crippen molar-refractivity contribution in [1.29, 1.82) is 0 Å². The van der Waals surface area contributed by atoms with Gasteiger partial charge < -0.3 is 10.1 Å². The Bertz CT molecular complexity index is 347. The van der Waals surface area contributed by atoms with Crippen molar-refractivity contribution in [3.05, 3.63) is 22.2 Å². The molecule has 0 unspecified atom stereocenters. The molecule has 0 aliphatic heterocycles. The fourth-order valence-corrected chi connectivity index (χ4v) is 1.68. The highest BCUT2D eigenvalue weighted by molar-refractivity contribution is 7.10. The van der Waals surface area contributed by atoms with Gasteiger partial charge in [-0.15, -0.1) is 11.3 Å². The minimum absolute atomic E-state index is 0.371. The molecule has 0 saturated carbocycles. The smallest absolute Gasteiger partial charge is 0.357 e. The molecule has 0 fully saturated rings. The van der Waals surface area contributed by atoms with Crippen LogP contribution in [0.1, 0.15) is 21.9 Å². The van der Waals surface area contributed by atoms with Crippen molar-refractivity contribution in [1.82, 2.24) is 10.3 Å². The molecule has 0 bridgehead atoms. The SMILES string of the molecule is CNCCC=Cc1nc(C(=O)OC)cs1. The summed E-state index contributed by atoms with van der Waals surface area (Å²) in [6.07, 6.45) is 4.88. The molecule has 1 aromatic rings. The molecule has 5 heteroatoms. The molecule has 0 radical (unpaired) electrons. The van der Waals surface area contributed by atoms with Gasteiger partial charge in [-0.2, -0.15) is 0 Å². The van der Waals surface area contributed by atoms with E-state index in [-0.39, 0.29) is 5.97 Å². The van der Waals surface area contributed by atoms with E-state index in [0.29, 0.717) is 5.69 Å². The quantitative estimate of drug-likeness (QED) is 0.611. The van der Waals surface area contributed by atoms with Crippen LogP contribution < -0.4 is 5.32 Å². The van der Waals surface area contributed by atoms with Gasteiger partial charge in [-0.05, 0) is 26.1 Å². The fraction of sp³-hybridized carbons (Fsp3) is 0.400. The first-order valence-corrected chi connectivity index (χ1v) is 5.51. The molecular weight excluding hydrogens is 212 g/mol. The van der Waals surface area contributed by atoms with E-state index in [1.165, 1.54) is 18.4 Å². The van der Waals surface area contributed by atoms with Crippen LogP contribution >= 0.6 is 11.3 Å². The summed E-state index contributed by atoms with van der Waals surface area (Å²) >= 11 is 1.43. The molecule has 15 heavy (non-hydrogen) atoms. The van der Waals surface area contributed by atoms with Crippen LogP contribution in [0.5, 0.6) is 0 Å². The number of hydrogen-bond donors (Lipinski definition) is 1. The van der Waals surface area contributed by atoms with Crippen molar-refractivity contribution in [2.75, 3.05) is 20.7 Å². The average molecular weight is 226 g/mol. The van der Waals surface area contributed by atoms with Gasteiger partial charge in [0.05, 0.1) is 7.11 Å². The molecule has 1 rings (SSSR count). The normalized spacial score (nSPS) is 10.8.